The van der Waals surface area contributed by atoms with Gasteiger partial charge in [-0.1, -0.05) is 126 Å². The number of primary amides is 1. The molecule has 8 amide bonds. The van der Waals surface area contributed by atoms with Crippen molar-refractivity contribution in [3.63, 3.8) is 0 Å². The van der Waals surface area contributed by atoms with E-state index in [1.807, 2.05) is 66.7 Å². The highest BCUT2D eigenvalue weighted by molar-refractivity contribution is 5.99. The van der Waals surface area contributed by atoms with Crippen molar-refractivity contribution >= 4 is 74.9 Å². The molecule has 0 spiro atoms. The van der Waals surface area contributed by atoms with E-state index in [4.69, 9.17) is 28.7 Å². The van der Waals surface area contributed by atoms with Gasteiger partial charge in [-0.3, -0.25) is 43.3 Å². The first-order valence-electron chi connectivity index (χ1n) is 29.0. The Labute approximate surface area is 500 Å². The van der Waals surface area contributed by atoms with E-state index in [1.54, 1.807) is 71.1 Å². The van der Waals surface area contributed by atoms with Gasteiger partial charge in [0, 0.05) is 61.2 Å². The lowest BCUT2D eigenvalue weighted by Crippen LogP contribution is -2.62. The van der Waals surface area contributed by atoms with Crippen LogP contribution in [-0.4, -0.2) is 130 Å². The molecule has 0 aliphatic rings. The number of aromatic nitrogens is 3. The summed E-state index contributed by atoms with van der Waals surface area (Å²) in [5, 5.41) is 22.4. The molecular weight excluding hydrogens is 1100 g/mol. The van der Waals surface area contributed by atoms with E-state index in [2.05, 4.69) is 57.2 Å². The third-order valence-electron chi connectivity index (χ3n) is 14.7. The van der Waals surface area contributed by atoms with Gasteiger partial charge in [-0.05, 0) is 83.5 Å². The molecule has 0 aliphatic carbocycles. The molecule has 0 aliphatic heterocycles. The fraction of sp³-hybridized carbons (Fsp3) is 0.419. The van der Waals surface area contributed by atoms with E-state index in [0.29, 0.717) is 41.8 Å². The molecule has 1 unspecified atom stereocenters. The number of benzene rings is 4. The monoisotopic (exact) mass is 1180 g/mol. The molecule has 2 heterocycles. The minimum absolute atomic E-state index is 0.00180. The third-order valence-corrected chi connectivity index (χ3v) is 14.7. The highest BCUT2D eigenvalue weighted by Gasteiger charge is 2.39. The maximum atomic E-state index is 15.1. The predicted octanol–water partition coefficient (Wildman–Crippen LogP) is 1.41. The van der Waals surface area contributed by atoms with Gasteiger partial charge in [0.05, 0.1) is 12.4 Å². The number of guanidine groups is 1. The van der Waals surface area contributed by atoms with Gasteiger partial charge in [-0.25, -0.2) is 4.98 Å². The summed E-state index contributed by atoms with van der Waals surface area (Å²) in [7, 11) is 0. The van der Waals surface area contributed by atoms with Crippen molar-refractivity contribution in [2.24, 2.45) is 45.0 Å². The quantitative estimate of drug-likeness (QED) is 0.0162. The van der Waals surface area contributed by atoms with Gasteiger partial charge in [0.2, 0.25) is 47.3 Å². The summed E-state index contributed by atoms with van der Waals surface area (Å²) in [6.07, 6.45) is 5.85. The number of para-hydroxylation sites is 1. The van der Waals surface area contributed by atoms with E-state index < -0.39 is 101 Å². The van der Waals surface area contributed by atoms with E-state index in [9.17, 15) is 33.6 Å². The average molecular weight is 1180 g/mol. The highest BCUT2D eigenvalue weighted by Crippen LogP contribution is 2.23. The molecular formula is C62H84N16O8. The maximum absolute atomic E-state index is 15.1. The van der Waals surface area contributed by atoms with Crippen molar-refractivity contribution in [2.75, 3.05) is 13.1 Å². The summed E-state index contributed by atoms with van der Waals surface area (Å²) in [5.74, 6) is -6.37. The summed E-state index contributed by atoms with van der Waals surface area (Å²) < 4.78 is 0. The first kappa shape index (κ1) is 66.0. The molecule has 0 saturated carbocycles. The Morgan fingerprint density at radius 3 is 1.76 bits per heavy atom. The van der Waals surface area contributed by atoms with Crippen molar-refractivity contribution in [2.45, 2.75) is 141 Å². The summed E-state index contributed by atoms with van der Waals surface area (Å²) in [6.45, 7) is 8.97. The predicted molar refractivity (Wildman–Crippen MR) is 330 cm³/mol. The molecule has 0 fully saturated rings. The highest BCUT2D eigenvalue weighted by atomic mass is 16.2. The molecule has 0 saturated heterocycles. The first-order chi connectivity index (χ1) is 41.0. The Kier molecular flexibility index (Phi) is 24.3. The topological polar surface area (TPSA) is 408 Å². The average Bonchev–Trinajstić information content (AvgIpc) is 3.37. The second-order valence-corrected chi connectivity index (χ2v) is 23.0. The molecule has 4 aromatic carbocycles. The van der Waals surface area contributed by atoms with Gasteiger partial charge < -0.3 is 75.9 Å². The van der Waals surface area contributed by atoms with Crippen LogP contribution in [0.3, 0.4) is 0 Å². The van der Waals surface area contributed by atoms with Crippen LogP contribution in [0.2, 0.25) is 0 Å². The second-order valence-electron chi connectivity index (χ2n) is 23.0. The Hall–Kier alpha value is -9.16. The van der Waals surface area contributed by atoms with Crippen LogP contribution in [0.5, 0.6) is 0 Å². The van der Waals surface area contributed by atoms with Gasteiger partial charge in [0.25, 0.3) is 0 Å². The molecule has 460 valence electrons. The van der Waals surface area contributed by atoms with Crippen LogP contribution in [0.15, 0.2) is 121 Å². The number of unbranched alkanes of at least 4 members (excludes halogenated alkanes) is 1. The Balaban J connectivity index is 1.29. The van der Waals surface area contributed by atoms with Crippen molar-refractivity contribution in [3.05, 3.63) is 138 Å². The normalized spacial score (nSPS) is 14.3. The van der Waals surface area contributed by atoms with Crippen LogP contribution in [-0.2, 0) is 64.0 Å². The molecule has 8 atom stereocenters. The molecule has 19 N–H and O–H groups in total. The number of fused-ring (bicyclic) bond motifs is 2. The number of carbonyl (C=O) groups excluding carboxylic acids is 8. The van der Waals surface area contributed by atoms with Crippen LogP contribution < -0.4 is 65.9 Å². The fourth-order valence-corrected chi connectivity index (χ4v) is 9.95. The minimum atomic E-state index is -1.40. The lowest BCUT2D eigenvalue weighted by molar-refractivity contribution is -0.137. The van der Waals surface area contributed by atoms with Crippen LogP contribution in [0.25, 0.3) is 21.7 Å². The number of H-pyrrole nitrogens is 2. The number of rotatable bonds is 32. The number of hydrogen-bond acceptors (Lipinski definition) is 12. The summed E-state index contributed by atoms with van der Waals surface area (Å²) >= 11 is 0. The van der Waals surface area contributed by atoms with Crippen LogP contribution in [0.1, 0.15) is 89.1 Å². The number of hydrogen-bond donors (Lipinski definition) is 14. The number of nitrogens with one attached hydrogen (secondary N) is 9. The number of nitrogens with zero attached hydrogens (tertiary/aromatic N) is 2. The Morgan fingerprint density at radius 2 is 1.13 bits per heavy atom. The van der Waals surface area contributed by atoms with E-state index in [-0.39, 0.29) is 63.4 Å². The Morgan fingerprint density at radius 1 is 0.570 bits per heavy atom. The number of aliphatic imine (C=N–C) groups is 1. The smallest absolute Gasteiger partial charge is 0.243 e. The van der Waals surface area contributed by atoms with E-state index >= 15 is 4.79 Å². The number of carbonyl (C=O) groups is 8. The number of imidazole rings is 1. The van der Waals surface area contributed by atoms with Crippen LogP contribution in [0.4, 0.5) is 0 Å². The maximum Gasteiger partial charge on any atom is 0.243 e. The van der Waals surface area contributed by atoms with Crippen molar-refractivity contribution in [3.8, 4) is 0 Å². The largest absolute Gasteiger partial charge is 0.370 e. The van der Waals surface area contributed by atoms with Gasteiger partial charge in [-0.2, -0.15) is 0 Å². The van der Waals surface area contributed by atoms with Crippen LogP contribution >= 0.6 is 0 Å². The summed E-state index contributed by atoms with van der Waals surface area (Å²) in [5.41, 5.74) is 31.6. The molecule has 6 aromatic rings. The van der Waals surface area contributed by atoms with Crippen molar-refractivity contribution in [1.29, 1.82) is 0 Å². The van der Waals surface area contributed by atoms with Gasteiger partial charge in [-0.15, -0.1) is 0 Å². The second kappa shape index (κ2) is 31.7. The summed E-state index contributed by atoms with van der Waals surface area (Å²) in [6, 6.07) is 19.7. The van der Waals surface area contributed by atoms with E-state index in [0.717, 1.165) is 21.7 Å². The van der Waals surface area contributed by atoms with Gasteiger partial charge in [0.1, 0.15) is 42.3 Å². The lowest BCUT2D eigenvalue weighted by atomic mass is 9.85. The molecule has 24 nitrogen and oxygen atoms in total. The van der Waals surface area contributed by atoms with Gasteiger partial charge in [0.15, 0.2) is 5.96 Å². The zero-order valence-corrected chi connectivity index (χ0v) is 49.5. The zero-order valence-electron chi connectivity index (χ0n) is 49.5. The lowest BCUT2D eigenvalue weighted by Gasteiger charge is -2.33. The Bertz CT molecular complexity index is 3280. The number of nitrogens with two attached hydrogens (primary N) is 5. The van der Waals surface area contributed by atoms with Crippen molar-refractivity contribution < 1.29 is 38.4 Å². The standard InChI is InChI=1S/C62H84N16O8/c1-36(2)51(53(65)79)77-58(84)48(29-37-16-7-6-8-17-37)75-55(81)46(22-13-14-26-63)73-60(86)52(62(3,4)5)78-59(85)50(31-41-33-70-45-21-12-11-20-43(41)45)76-56(82)47(23-15-27-69-61(66)67)72-57(83)49(74-54(80)44(64)32-42-34-68-35-71-42)30-38-24-25-39-18-9-10-19-40(39)28-38/h6-12,16-21,24-25,28,33-36,44,46-52,70H,13-15,22-23,26-27,29-32,63-64H2,1-5H3,(H2,65,79)(H,68,71)(H,72,83)(H,73,86)(H,74,80)(H,75,81)(H,76,82)(H,77,84)(H,78,85)(H4,66,67,69)/t44-,46-,47-,48-,49-,50-,51-,52?/m0/s1. The van der Waals surface area contributed by atoms with Gasteiger partial charge >= 0.3 is 0 Å². The molecule has 0 radical (unpaired) electrons. The molecule has 2 aromatic heterocycles. The van der Waals surface area contributed by atoms with Crippen LogP contribution in [0, 0.1) is 11.3 Å². The minimum Gasteiger partial charge on any atom is -0.370 e. The molecule has 6 rings (SSSR count). The first-order valence-corrected chi connectivity index (χ1v) is 29.0. The SMILES string of the molecule is CC(C)[C@H](NC(=O)[C@H](Cc1ccccc1)NC(=O)[C@H](CCCCN)NC(=O)C(NC(=O)[C@H](Cc1c[nH]c2ccccc12)NC(=O)[C@H](CCCN=C(N)N)NC(=O)[C@H](Cc1ccc2ccccc2c1)NC(=O)[C@@H](N)Cc1cnc[nH]1)C(C)(C)C)C(N)=O. The number of amides is 8. The molecule has 0 bridgehead atoms. The molecule has 24 heteroatoms. The summed E-state index contributed by atoms with van der Waals surface area (Å²) in [4.78, 5) is 129. The number of aromatic amines is 2. The molecule has 86 heavy (non-hydrogen) atoms. The fourth-order valence-electron chi connectivity index (χ4n) is 9.95. The third kappa shape index (κ3) is 19.7. The van der Waals surface area contributed by atoms with Crippen molar-refractivity contribution in [1.82, 2.24) is 52.2 Å². The van der Waals surface area contributed by atoms with E-state index in [1.165, 1.54) is 12.5 Å². The zero-order chi connectivity index (χ0) is 62.5.